The van der Waals surface area contributed by atoms with Crippen LogP contribution in [-0.2, 0) is 0 Å². The molecule has 0 aliphatic rings. The summed E-state index contributed by atoms with van der Waals surface area (Å²) in [7, 11) is 0. The molecular weight excluding hydrogens is 318 g/mol. The van der Waals surface area contributed by atoms with Crippen molar-refractivity contribution in [1.82, 2.24) is 4.98 Å². The quantitative estimate of drug-likeness (QED) is 0.904. The summed E-state index contributed by atoms with van der Waals surface area (Å²) in [5.41, 5.74) is 1.96. The molecule has 1 unspecified atom stereocenters. The first-order valence-electron chi connectivity index (χ1n) is 5.14. The van der Waals surface area contributed by atoms with Gasteiger partial charge in [-0.25, -0.2) is 4.98 Å². The third-order valence-corrected chi connectivity index (χ3v) is 4.96. The highest BCUT2D eigenvalue weighted by Crippen LogP contribution is 2.34. The number of benzene rings is 1. The molecule has 1 atom stereocenters. The van der Waals surface area contributed by atoms with Crippen LogP contribution < -0.4 is 0 Å². The van der Waals surface area contributed by atoms with Crippen molar-refractivity contribution >= 4 is 39.0 Å². The second kappa shape index (κ2) is 5.52. The van der Waals surface area contributed by atoms with Crippen molar-refractivity contribution in [2.75, 3.05) is 0 Å². The Morgan fingerprint density at radius 2 is 2.24 bits per heavy atom. The molecule has 0 radical (unpaired) electrons. The molecule has 0 amide bonds. The van der Waals surface area contributed by atoms with Crippen molar-refractivity contribution in [2.24, 2.45) is 0 Å². The van der Waals surface area contributed by atoms with Gasteiger partial charge in [0.05, 0.1) is 6.10 Å². The Kier molecular flexibility index (Phi) is 4.25. The lowest BCUT2D eigenvalue weighted by Crippen LogP contribution is -1.92. The molecule has 1 N–H and O–H groups in total. The molecule has 2 rings (SSSR count). The monoisotopic (exact) mass is 329 g/mol. The molecule has 2 aromatic rings. The number of aliphatic hydroxyl groups is 1. The van der Waals surface area contributed by atoms with Crippen molar-refractivity contribution in [3.63, 3.8) is 0 Å². The van der Waals surface area contributed by atoms with E-state index in [9.17, 15) is 5.11 Å². The third kappa shape index (κ3) is 3.31. The number of hydrogen-bond acceptors (Lipinski definition) is 4. The molecule has 1 aromatic carbocycles. The van der Waals surface area contributed by atoms with Gasteiger partial charge in [-0.05, 0) is 31.5 Å². The molecule has 17 heavy (non-hydrogen) atoms. The maximum Gasteiger partial charge on any atom is 0.154 e. The van der Waals surface area contributed by atoms with E-state index in [-0.39, 0.29) is 0 Å². The molecule has 0 aliphatic heterocycles. The van der Waals surface area contributed by atoms with Crippen LogP contribution in [0.2, 0.25) is 0 Å². The van der Waals surface area contributed by atoms with Gasteiger partial charge in [0.15, 0.2) is 4.34 Å². The molecule has 0 spiro atoms. The van der Waals surface area contributed by atoms with Crippen molar-refractivity contribution < 1.29 is 5.11 Å². The predicted octanol–water partition coefficient (Wildman–Crippen LogP) is 4.42. The second-order valence-corrected chi connectivity index (χ2v) is 6.75. The van der Waals surface area contributed by atoms with Gasteiger partial charge in [-0.15, -0.1) is 11.3 Å². The van der Waals surface area contributed by atoms with Crippen molar-refractivity contribution in [3.8, 4) is 0 Å². The van der Waals surface area contributed by atoms with Crippen LogP contribution in [0.5, 0.6) is 0 Å². The Bertz CT molecular complexity index is 525. The lowest BCUT2D eigenvalue weighted by Gasteiger charge is -2.08. The standard InChI is InChI=1S/C12H12BrNOS2/c1-7-6-16-12(14-7)17-9-3-4-10(8(2)15)11(13)5-9/h3-6,8,15H,1-2H3. The van der Waals surface area contributed by atoms with Crippen LogP contribution in [0.3, 0.4) is 0 Å². The smallest absolute Gasteiger partial charge is 0.154 e. The molecule has 0 bridgehead atoms. The van der Waals surface area contributed by atoms with Crippen LogP contribution in [0.25, 0.3) is 0 Å². The van der Waals surface area contributed by atoms with Gasteiger partial charge in [0, 0.05) is 20.4 Å². The van der Waals surface area contributed by atoms with Gasteiger partial charge >= 0.3 is 0 Å². The molecular formula is C12H12BrNOS2. The Hall–Kier alpha value is -0.360. The average molecular weight is 330 g/mol. The summed E-state index contributed by atoms with van der Waals surface area (Å²) >= 11 is 6.76. The lowest BCUT2D eigenvalue weighted by molar-refractivity contribution is 0.198. The van der Waals surface area contributed by atoms with Gasteiger partial charge in [0.25, 0.3) is 0 Å². The van der Waals surface area contributed by atoms with Gasteiger partial charge in [-0.1, -0.05) is 33.8 Å². The molecule has 90 valence electrons. The minimum atomic E-state index is -0.453. The predicted molar refractivity (Wildman–Crippen MR) is 75.7 cm³/mol. The topological polar surface area (TPSA) is 33.1 Å². The summed E-state index contributed by atoms with van der Waals surface area (Å²) in [6, 6.07) is 5.97. The summed E-state index contributed by atoms with van der Waals surface area (Å²) in [4.78, 5) is 5.53. The molecule has 0 fully saturated rings. The van der Waals surface area contributed by atoms with E-state index in [0.717, 1.165) is 25.0 Å². The first kappa shape index (κ1) is 13.1. The zero-order chi connectivity index (χ0) is 12.4. The van der Waals surface area contributed by atoms with E-state index in [0.29, 0.717) is 0 Å². The highest BCUT2D eigenvalue weighted by molar-refractivity contribution is 9.10. The number of aromatic nitrogens is 1. The van der Waals surface area contributed by atoms with Gasteiger partial charge in [-0.3, -0.25) is 0 Å². The molecule has 0 aliphatic carbocycles. The van der Waals surface area contributed by atoms with Crippen LogP contribution >= 0.6 is 39.0 Å². The summed E-state index contributed by atoms with van der Waals surface area (Å²) in [6.07, 6.45) is -0.453. The highest BCUT2D eigenvalue weighted by Gasteiger charge is 2.08. The van der Waals surface area contributed by atoms with Crippen molar-refractivity contribution in [3.05, 3.63) is 39.3 Å². The first-order chi connectivity index (χ1) is 8.06. The van der Waals surface area contributed by atoms with Gasteiger partial charge in [-0.2, -0.15) is 0 Å². The average Bonchev–Trinajstić information content (AvgIpc) is 2.63. The van der Waals surface area contributed by atoms with E-state index in [4.69, 9.17) is 0 Å². The summed E-state index contributed by atoms with van der Waals surface area (Å²) in [6.45, 7) is 3.75. The molecule has 0 saturated carbocycles. The number of nitrogens with zero attached hydrogens (tertiary/aromatic N) is 1. The minimum absolute atomic E-state index is 0.453. The fraction of sp³-hybridized carbons (Fsp3) is 0.250. The van der Waals surface area contributed by atoms with E-state index in [1.54, 1.807) is 30.0 Å². The Balaban J connectivity index is 2.20. The SMILES string of the molecule is Cc1csc(Sc2ccc(C(C)O)c(Br)c2)n1. The zero-order valence-electron chi connectivity index (χ0n) is 9.48. The normalized spacial score (nSPS) is 12.7. The summed E-state index contributed by atoms with van der Waals surface area (Å²) in [5, 5.41) is 11.6. The number of rotatable bonds is 3. The zero-order valence-corrected chi connectivity index (χ0v) is 12.7. The molecule has 0 saturated heterocycles. The third-order valence-electron chi connectivity index (χ3n) is 2.23. The summed E-state index contributed by atoms with van der Waals surface area (Å²) < 4.78 is 1.98. The van der Waals surface area contributed by atoms with Crippen LogP contribution in [-0.4, -0.2) is 10.1 Å². The Labute approximate surface area is 117 Å². The lowest BCUT2D eigenvalue weighted by atomic mass is 10.1. The van der Waals surface area contributed by atoms with Crippen LogP contribution in [0.4, 0.5) is 0 Å². The van der Waals surface area contributed by atoms with Crippen LogP contribution in [0.15, 0.2) is 37.3 Å². The number of thiazole rings is 1. The van der Waals surface area contributed by atoms with Crippen molar-refractivity contribution in [2.45, 2.75) is 29.2 Å². The van der Waals surface area contributed by atoms with Crippen LogP contribution in [0.1, 0.15) is 24.3 Å². The maximum atomic E-state index is 9.54. The van der Waals surface area contributed by atoms with E-state index >= 15 is 0 Å². The second-order valence-electron chi connectivity index (χ2n) is 3.72. The first-order valence-corrected chi connectivity index (χ1v) is 7.62. The fourth-order valence-electron chi connectivity index (χ4n) is 1.39. The summed E-state index contributed by atoms with van der Waals surface area (Å²) in [5.74, 6) is 0. The molecule has 1 aromatic heterocycles. The van der Waals surface area contributed by atoms with E-state index in [1.165, 1.54) is 0 Å². The molecule has 1 heterocycles. The highest BCUT2D eigenvalue weighted by atomic mass is 79.9. The fourth-order valence-corrected chi connectivity index (χ4v) is 4.10. The van der Waals surface area contributed by atoms with E-state index in [2.05, 4.69) is 20.9 Å². The van der Waals surface area contributed by atoms with E-state index in [1.807, 2.05) is 30.5 Å². The van der Waals surface area contributed by atoms with Crippen LogP contribution in [0, 0.1) is 6.92 Å². The van der Waals surface area contributed by atoms with Gasteiger partial charge in [0.1, 0.15) is 0 Å². The van der Waals surface area contributed by atoms with Crippen molar-refractivity contribution in [1.29, 1.82) is 0 Å². The Morgan fingerprint density at radius 3 is 2.76 bits per heavy atom. The number of halogens is 1. The molecule has 2 nitrogen and oxygen atoms in total. The number of aliphatic hydroxyl groups excluding tert-OH is 1. The maximum absolute atomic E-state index is 9.54. The Morgan fingerprint density at radius 1 is 1.47 bits per heavy atom. The molecule has 5 heteroatoms. The van der Waals surface area contributed by atoms with E-state index < -0.39 is 6.10 Å². The number of aryl methyl sites for hydroxylation is 1. The minimum Gasteiger partial charge on any atom is -0.389 e. The van der Waals surface area contributed by atoms with Gasteiger partial charge < -0.3 is 5.11 Å². The van der Waals surface area contributed by atoms with Gasteiger partial charge in [0.2, 0.25) is 0 Å². The number of hydrogen-bond donors (Lipinski definition) is 1. The largest absolute Gasteiger partial charge is 0.389 e.